The summed E-state index contributed by atoms with van der Waals surface area (Å²) in [5, 5.41) is 14.4. The number of amides is 1. The Morgan fingerprint density at radius 1 is 1.06 bits per heavy atom. The van der Waals surface area contributed by atoms with Gasteiger partial charge in [0.05, 0.1) is 12.5 Å². The predicted octanol–water partition coefficient (Wildman–Crippen LogP) is 3.23. The normalized spacial score (nSPS) is 19.4. The van der Waals surface area contributed by atoms with Crippen molar-refractivity contribution in [1.29, 1.82) is 0 Å². The Morgan fingerprint density at radius 3 is 2.22 bits per heavy atom. The second-order valence-corrected chi connectivity index (χ2v) is 10.6. The number of carboxylic acid groups (broad SMARTS) is 1. The van der Waals surface area contributed by atoms with Crippen molar-refractivity contribution in [1.82, 2.24) is 10.4 Å². The van der Waals surface area contributed by atoms with Crippen LogP contribution in [0.5, 0.6) is 0 Å². The van der Waals surface area contributed by atoms with Crippen LogP contribution < -0.4 is 10.4 Å². The summed E-state index contributed by atoms with van der Waals surface area (Å²) in [4.78, 5) is 35.5. The molecule has 11 nitrogen and oxygen atoms in total. The summed E-state index contributed by atoms with van der Waals surface area (Å²) in [5.74, 6) is -1.52. The first-order valence-electron chi connectivity index (χ1n) is 10.8. The van der Waals surface area contributed by atoms with Crippen LogP contribution in [0.2, 0.25) is 0 Å². The highest BCUT2D eigenvalue weighted by atomic mass is 31.2. The maximum Gasteiger partial charge on any atom is 0.409 e. The van der Waals surface area contributed by atoms with Crippen LogP contribution in [-0.4, -0.2) is 61.6 Å². The van der Waals surface area contributed by atoms with E-state index in [0.29, 0.717) is 12.8 Å². The number of alkyl carbamates (subject to hydrolysis) is 1. The fourth-order valence-corrected chi connectivity index (χ4v) is 5.46. The Bertz CT molecular complexity index is 680. The minimum atomic E-state index is -3.72. The molecule has 0 heterocycles. The van der Waals surface area contributed by atoms with Crippen LogP contribution in [-0.2, 0) is 32.9 Å². The van der Waals surface area contributed by atoms with E-state index >= 15 is 0 Å². The van der Waals surface area contributed by atoms with Crippen LogP contribution in [0.1, 0.15) is 66.2 Å². The molecule has 3 N–H and O–H groups in total. The standard InChI is InChI=1S/C20H37N2O9P/c1-14(2)29-18(25)15(3)22-32(27,13-28-5)31-16(4)30-19(26)21-12-20(11-17(23)24)9-7-6-8-10-20/h14-16H,6-13H2,1-5H3,(H,21,26)(H,22,27)(H,23,24). The van der Waals surface area contributed by atoms with Crippen molar-refractivity contribution in [2.75, 3.05) is 20.0 Å². The van der Waals surface area contributed by atoms with Gasteiger partial charge in [-0.1, -0.05) is 19.3 Å². The maximum atomic E-state index is 13.0. The number of rotatable bonds is 13. The first kappa shape index (κ1) is 28.4. The quantitative estimate of drug-likeness (QED) is 0.204. The molecule has 0 aromatic heterocycles. The number of esters is 1. The van der Waals surface area contributed by atoms with Crippen LogP contribution in [0.4, 0.5) is 4.79 Å². The third-order valence-corrected chi connectivity index (χ3v) is 7.05. The number of nitrogens with one attached hydrogen (secondary N) is 2. The summed E-state index contributed by atoms with van der Waals surface area (Å²) in [5.41, 5.74) is -0.508. The largest absolute Gasteiger partial charge is 0.481 e. The van der Waals surface area contributed by atoms with Crippen molar-refractivity contribution in [3.8, 4) is 0 Å². The average Bonchev–Trinajstić information content (AvgIpc) is 2.65. The van der Waals surface area contributed by atoms with Crippen LogP contribution in [0.15, 0.2) is 0 Å². The summed E-state index contributed by atoms with van der Waals surface area (Å²) in [6, 6.07) is -0.943. The number of hydrogen-bond donors (Lipinski definition) is 3. The first-order valence-corrected chi connectivity index (χ1v) is 12.6. The molecular formula is C20H37N2O9P. The molecule has 0 aromatic carbocycles. The highest BCUT2D eigenvalue weighted by Gasteiger charge is 2.36. The maximum absolute atomic E-state index is 13.0. The molecule has 186 valence electrons. The second-order valence-electron chi connectivity index (χ2n) is 8.49. The zero-order valence-electron chi connectivity index (χ0n) is 19.5. The molecule has 32 heavy (non-hydrogen) atoms. The zero-order chi connectivity index (χ0) is 24.4. The van der Waals surface area contributed by atoms with Crippen molar-refractivity contribution in [3.63, 3.8) is 0 Å². The first-order chi connectivity index (χ1) is 14.9. The number of ether oxygens (including phenoxy) is 3. The summed E-state index contributed by atoms with van der Waals surface area (Å²) in [7, 11) is -2.40. The number of carboxylic acids is 1. The predicted molar refractivity (Wildman–Crippen MR) is 116 cm³/mol. The molecule has 0 aromatic rings. The topological polar surface area (TPSA) is 149 Å². The minimum absolute atomic E-state index is 0.0311. The summed E-state index contributed by atoms with van der Waals surface area (Å²) < 4.78 is 33.6. The van der Waals surface area contributed by atoms with E-state index in [1.165, 1.54) is 21.0 Å². The molecular weight excluding hydrogens is 443 g/mol. The van der Waals surface area contributed by atoms with Gasteiger partial charge in [0.25, 0.3) is 7.52 Å². The SMILES string of the molecule is COCP(=O)(NC(C)C(=O)OC(C)C)OC(C)OC(=O)NCC1(CC(=O)O)CCCCC1. The monoisotopic (exact) mass is 480 g/mol. The van der Waals surface area contributed by atoms with E-state index in [4.69, 9.17) is 18.7 Å². The highest BCUT2D eigenvalue weighted by Crippen LogP contribution is 2.44. The van der Waals surface area contributed by atoms with Crippen LogP contribution in [0.3, 0.4) is 0 Å². The number of carbonyl (C=O) groups excluding carboxylic acids is 2. The average molecular weight is 480 g/mol. The van der Waals surface area contributed by atoms with Crippen molar-refractivity contribution in [2.24, 2.45) is 5.41 Å². The summed E-state index contributed by atoms with van der Waals surface area (Å²) in [6.45, 7) is 6.41. The lowest BCUT2D eigenvalue weighted by Crippen LogP contribution is -2.41. The third kappa shape index (κ3) is 10.3. The van der Waals surface area contributed by atoms with E-state index in [0.717, 1.165) is 19.3 Å². The number of aliphatic carboxylic acids is 1. The lowest BCUT2D eigenvalue weighted by Gasteiger charge is -2.36. The molecule has 1 saturated carbocycles. The van der Waals surface area contributed by atoms with Gasteiger partial charge in [-0.3, -0.25) is 18.7 Å². The minimum Gasteiger partial charge on any atom is -0.481 e. The Balaban J connectivity index is 2.64. The highest BCUT2D eigenvalue weighted by molar-refractivity contribution is 7.56. The molecule has 1 aliphatic carbocycles. The fourth-order valence-electron chi connectivity index (χ4n) is 3.70. The zero-order valence-corrected chi connectivity index (χ0v) is 20.4. The molecule has 0 aliphatic heterocycles. The van der Waals surface area contributed by atoms with Crippen molar-refractivity contribution >= 4 is 25.6 Å². The van der Waals surface area contributed by atoms with Gasteiger partial charge in [-0.15, -0.1) is 0 Å². The van der Waals surface area contributed by atoms with Gasteiger partial charge in [-0.25, -0.2) is 9.88 Å². The van der Waals surface area contributed by atoms with Crippen LogP contribution in [0, 0.1) is 5.41 Å². The van der Waals surface area contributed by atoms with Crippen molar-refractivity contribution < 1.29 is 42.8 Å². The van der Waals surface area contributed by atoms with Gasteiger partial charge in [0, 0.05) is 13.7 Å². The third-order valence-electron chi connectivity index (χ3n) is 5.03. The molecule has 0 saturated heterocycles. The molecule has 1 fully saturated rings. The van der Waals surface area contributed by atoms with E-state index in [1.807, 2.05) is 0 Å². The molecule has 3 unspecified atom stereocenters. The lowest BCUT2D eigenvalue weighted by atomic mass is 9.72. The second kappa shape index (κ2) is 13.1. The van der Waals surface area contributed by atoms with Crippen LogP contribution >= 0.6 is 7.52 Å². The van der Waals surface area contributed by atoms with Gasteiger partial charge in [0.2, 0.25) is 6.29 Å². The van der Waals surface area contributed by atoms with Gasteiger partial charge in [0.1, 0.15) is 12.4 Å². The summed E-state index contributed by atoms with van der Waals surface area (Å²) in [6.07, 6.45) is 1.52. The molecule has 12 heteroatoms. The van der Waals surface area contributed by atoms with E-state index in [9.17, 15) is 24.1 Å². The van der Waals surface area contributed by atoms with E-state index < -0.39 is 43.3 Å². The Hall–Kier alpha value is -1.68. The van der Waals surface area contributed by atoms with Gasteiger partial charge in [-0.2, -0.15) is 0 Å². The Kier molecular flexibility index (Phi) is 11.6. The summed E-state index contributed by atoms with van der Waals surface area (Å²) >= 11 is 0. The van der Waals surface area contributed by atoms with E-state index in [2.05, 4.69) is 10.4 Å². The van der Waals surface area contributed by atoms with Gasteiger partial charge in [-0.05, 0) is 46.0 Å². The Labute approximate surface area is 189 Å². The van der Waals surface area contributed by atoms with Crippen molar-refractivity contribution in [3.05, 3.63) is 0 Å². The van der Waals surface area contributed by atoms with Crippen LogP contribution in [0.25, 0.3) is 0 Å². The molecule has 0 bridgehead atoms. The smallest absolute Gasteiger partial charge is 0.409 e. The molecule has 1 aliphatic rings. The van der Waals surface area contributed by atoms with Crippen molar-refractivity contribution in [2.45, 2.75) is 84.7 Å². The molecule has 0 radical (unpaired) electrons. The van der Waals surface area contributed by atoms with Gasteiger partial charge in [0.15, 0.2) is 0 Å². The number of hydrogen-bond acceptors (Lipinski definition) is 8. The number of methoxy groups -OCH3 is 1. The van der Waals surface area contributed by atoms with E-state index in [-0.39, 0.29) is 25.4 Å². The van der Waals surface area contributed by atoms with Gasteiger partial charge >= 0.3 is 18.0 Å². The molecule has 1 amide bonds. The molecule has 0 spiro atoms. The molecule has 1 rings (SSSR count). The lowest BCUT2D eigenvalue weighted by molar-refractivity contribution is -0.149. The number of carbonyl (C=O) groups is 3. The van der Waals surface area contributed by atoms with Gasteiger partial charge < -0.3 is 24.6 Å². The Morgan fingerprint density at radius 2 is 1.69 bits per heavy atom. The molecule has 3 atom stereocenters. The fraction of sp³-hybridized carbons (Fsp3) is 0.850. The van der Waals surface area contributed by atoms with E-state index in [1.54, 1.807) is 13.8 Å².